The first-order valence-corrected chi connectivity index (χ1v) is 6.78. The van der Waals surface area contributed by atoms with Gasteiger partial charge in [0.15, 0.2) is 0 Å². The molecule has 110 valence electrons. The number of hydrogen-bond acceptors (Lipinski definition) is 3. The van der Waals surface area contributed by atoms with Crippen LogP contribution in [0.1, 0.15) is 12.5 Å². The molecule has 1 atom stereocenters. The Hall–Kier alpha value is -2.14. The maximum atomic E-state index is 13.1. The molecule has 2 rings (SSSR count). The van der Waals surface area contributed by atoms with Gasteiger partial charge in [0.05, 0.1) is 4.92 Å². The van der Waals surface area contributed by atoms with Crippen LogP contribution in [-0.4, -0.2) is 11.0 Å². The molecule has 0 aliphatic rings. The Morgan fingerprint density at radius 1 is 1.33 bits per heavy atom. The van der Waals surface area contributed by atoms with Crippen molar-refractivity contribution in [3.05, 3.63) is 69.0 Å². The van der Waals surface area contributed by atoms with Gasteiger partial charge in [-0.05, 0) is 43.2 Å². The topological polar surface area (TPSA) is 55.2 Å². The van der Waals surface area contributed by atoms with Gasteiger partial charge >= 0.3 is 0 Å². The van der Waals surface area contributed by atoms with E-state index in [4.69, 9.17) is 11.6 Å². The lowest BCUT2D eigenvalue weighted by molar-refractivity contribution is -0.384. The van der Waals surface area contributed by atoms with Crippen molar-refractivity contribution in [2.75, 3.05) is 5.32 Å². The van der Waals surface area contributed by atoms with Gasteiger partial charge in [-0.3, -0.25) is 10.1 Å². The zero-order chi connectivity index (χ0) is 15.4. The molecule has 0 saturated heterocycles. The fourth-order valence-corrected chi connectivity index (χ4v) is 2.28. The fourth-order valence-electron chi connectivity index (χ4n) is 2.11. The van der Waals surface area contributed by atoms with Crippen LogP contribution in [0.2, 0.25) is 5.02 Å². The predicted octanol–water partition coefficient (Wildman–Crippen LogP) is 4.43. The third-order valence-electron chi connectivity index (χ3n) is 2.99. The molecule has 1 unspecified atom stereocenters. The smallest absolute Gasteiger partial charge is 0.293 e. The molecule has 0 saturated carbocycles. The van der Waals surface area contributed by atoms with Gasteiger partial charge in [-0.2, -0.15) is 0 Å². The lowest BCUT2D eigenvalue weighted by Gasteiger charge is -2.15. The molecule has 2 aromatic rings. The Labute approximate surface area is 126 Å². The van der Waals surface area contributed by atoms with E-state index < -0.39 is 4.92 Å². The van der Waals surface area contributed by atoms with Gasteiger partial charge in [0.25, 0.3) is 5.69 Å². The number of nitro benzene ring substituents is 1. The molecule has 21 heavy (non-hydrogen) atoms. The van der Waals surface area contributed by atoms with Crippen LogP contribution in [0.5, 0.6) is 0 Å². The molecule has 0 heterocycles. The normalized spacial score (nSPS) is 12.0. The summed E-state index contributed by atoms with van der Waals surface area (Å²) < 4.78 is 13.1. The quantitative estimate of drug-likeness (QED) is 0.656. The monoisotopic (exact) mass is 308 g/mol. The van der Waals surface area contributed by atoms with E-state index in [-0.39, 0.29) is 17.5 Å². The minimum Gasteiger partial charge on any atom is -0.377 e. The van der Waals surface area contributed by atoms with Gasteiger partial charge in [-0.1, -0.05) is 23.7 Å². The molecule has 0 aliphatic heterocycles. The summed E-state index contributed by atoms with van der Waals surface area (Å²) in [5, 5.41) is 14.4. The van der Waals surface area contributed by atoms with Crippen molar-refractivity contribution in [2.24, 2.45) is 0 Å². The zero-order valence-electron chi connectivity index (χ0n) is 11.3. The van der Waals surface area contributed by atoms with Crippen LogP contribution < -0.4 is 5.32 Å². The standard InChI is InChI=1S/C15H14ClFN2O2/c1-10(7-11-3-2-4-13(17)8-11)18-14-6-5-12(16)9-15(14)19(20)21/h2-6,8-10,18H,7H2,1H3. The minimum absolute atomic E-state index is 0.0754. The first kappa shape index (κ1) is 15.3. The average Bonchev–Trinajstić information content (AvgIpc) is 2.40. The van der Waals surface area contributed by atoms with Gasteiger partial charge in [0.2, 0.25) is 0 Å². The van der Waals surface area contributed by atoms with Crippen molar-refractivity contribution in [3.63, 3.8) is 0 Å². The summed E-state index contributed by atoms with van der Waals surface area (Å²) >= 11 is 5.77. The molecule has 6 heteroatoms. The van der Waals surface area contributed by atoms with E-state index in [2.05, 4.69) is 5.32 Å². The molecule has 0 radical (unpaired) electrons. The molecular weight excluding hydrogens is 295 g/mol. The Balaban J connectivity index is 2.12. The van der Waals surface area contributed by atoms with Crippen molar-refractivity contribution in [1.29, 1.82) is 0 Å². The van der Waals surface area contributed by atoms with Crippen molar-refractivity contribution in [1.82, 2.24) is 0 Å². The SMILES string of the molecule is CC(Cc1cccc(F)c1)Nc1ccc(Cl)cc1[N+](=O)[O-]. The van der Waals surface area contributed by atoms with Crippen LogP contribution >= 0.6 is 11.6 Å². The highest BCUT2D eigenvalue weighted by Gasteiger charge is 2.16. The molecule has 0 aliphatic carbocycles. The molecular formula is C15H14ClFN2O2. The molecule has 4 nitrogen and oxygen atoms in total. The molecule has 0 amide bonds. The third-order valence-corrected chi connectivity index (χ3v) is 3.22. The maximum absolute atomic E-state index is 13.1. The summed E-state index contributed by atoms with van der Waals surface area (Å²) in [5.41, 5.74) is 1.15. The van der Waals surface area contributed by atoms with E-state index in [1.807, 2.05) is 13.0 Å². The fraction of sp³-hybridized carbons (Fsp3) is 0.200. The summed E-state index contributed by atoms with van der Waals surface area (Å²) in [6.07, 6.45) is 0.553. The zero-order valence-corrected chi connectivity index (χ0v) is 12.1. The Kier molecular flexibility index (Phi) is 4.75. The van der Waals surface area contributed by atoms with E-state index in [0.717, 1.165) is 5.56 Å². The molecule has 0 aromatic heterocycles. The number of hydrogen-bond donors (Lipinski definition) is 1. The van der Waals surface area contributed by atoms with E-state index in [1.54, 1.807) is 18.2 Å². The molecule has 0 bridgehead atoms. The highest BCUT2D eigenvalue weighted by atomic mass is 35.5. The number of benzene rings is 2. The Morgan fingerprint density at radius 2 is 2.10 bits per heavy atom. The first-order valence-electron chi connectivity index (χ1n) is 6.40. The van der Waals surface area contributed by atoms with Crippen molar-refractivity contribution in [2.45, 2.75) is 19.4 Å². The van der Waals surface area contributed by atoms with Crippen molar-refractivity contribution < 1.29 is 9.31 Å². The molecule has 1 N–H and O–H groups in total. The number of nitro groups is 1. The lowest BCUT2D eigenvalue weighted by Crippen LogP contribution is -2.18. The number of nitrogens with zero attached hydrogens (tertiary/aromatic N) is 1. The maximum Gasteiger partial charge on any atom is 0.293 e. The number of rotatable bonds is 5. The van der Waals surface area contributed by atoms with Crippen LogP contribution in [0.3, 0.4) is 0 Å². The lowest BCUT2D eigenvalue weighted by atomic mass is 10.1. The number of anilines is 1. The second kappa shape index (κ2) is 6.54. The average molecular weight is 309 g/mol. The minimum atomic E-state index is -0.483. The van der Waals surface area contributed by atoms with E-state index in [1.165, 1.54) is 18.2 Å². The van der Waals surface area contributed by atoms with Gasteiger partial charge in [0, 0.05) is 17.1 Å². The summed E-state index contributed by atoms with van der Waals surface area (Å²) in [7, 11) is 0. The van der Waals surface area contributed by atoms with E-state index in [9.17, 15) is 14.5 Å². The van der Waals surface area contributed by atoms with Gasteiger partial charge in [-0.15, -0.1) is 0 Å². The van der Waals surface area contributed by atoms with Gasteiger partial charge < -0.3 is 5.32 Å². The number of nitrogens with one attached hydrogen (secondary N) is 1. The summed E-state index contributed by atoms with van der Waals surface area (Å²) in [4.78, 5) is 10.5. The van der Waals surface area contributed by atoms with E-state index >= 15 is 0 Å². The Morgan fingerprint density at radius 3 is 2.76 bits per heavy atom. The van der Waals surface area contributed by atoms with Crippen LogP contribution in [0.15, 0.2) is 42.5 Å². The molecule has 0 spiro atoms. The second-order valence-corrected chi connectivity index (χ2v) is 5.23. The van der Waals surface area contributed by atoms with Gasteiger partial charge in [0.1, 0.15) is 11.5 Å². The summed E-state index contributed by atoms with van der Waals surface area (Å²) in [6, 6.07) is 10.7. The summed E-state index contributed by atoms with van der Waals surface area (Å²) in [5.74, 6) is -0.294. The Bertz CT molecular complexity index is 664. The highest BCUT2D eigenvalue weighted by molar-refractivity contribution is 6.30. The largest absolute Gasteiger partial charge is 0.377 e. The van der Waals surface area contributed by atoms with E-state index in [0.29, 0.717) is 17.1 Å². The molecule has 2 aromatic carbocycles. The van der Waals surface area contributed by atoms with Crippen LogP contribution in [-0.2, 0) is 6.42 Å². The molecule has 0 fully saturated rings. The van der Waals surface area contributed by atoms with Crippen LogP contribution in [0.25, 0.3) is 0 Å². The van der Waals surface area contributed by atoms with Crippen molar-refractivity contribution in [3.8, 4) is 0 Å². The first-order chi connectivity index (χ1) is 9.95. The second-order valence-electron chi connectivity index (χ2n) is 4.80. The highest BCUT2D eigenvalue weighted by Crippen LogP contribution is 2.28. The number of halogens is 2. The van der Waals surface area contributed by atoms with Crippen molar-refractivity contribution >= 4 is 23.0 Å². The van der Waals surface area contributed by atoms with Crippen LogP contribution in [0.4, 0.5) is 15.8 Å². The van der Waals surface area contributed by atoms with Gasteiger partial charge in [-0.25, -0.2) is 4.39 Å². The predicted molar refractivity (Wildman–Crippen MR) is 81.3 cm³/mol. The third kappa shape index (κ3) is 4.16. The van der Waals surface area contributed by atoms with Crippen LogP contribution in [0, 0.1) is 15.9 Å². The summed E-state index contributed by atoms with van der Waals surface area (Å²) in [6.45, 7) is 1.88.